The van der Waals surface area contributed by atoms with E-state index in [4.69, 9.17) is 9.47 Å². The van der Waals surface area contributed by atoms with Crippen LogP contribution in [0.5, 0.6) is 0 Å². The van der Waals surface area contributed by atoms with Gasteiger partial charge >= 0.3 is 5.97 Å². The molecule has 3 unspecified atom stereocenters. The molecule has 0 N–H and O–H groups in total. The summed E-state index contributed by atoms with van der Waals surface area (Å²) in [5.74, 6) is -0.599. The van der Waals surface area contributed by atoms with E-state index in [0.29, 0.717) is 24.7 Å². The number of hydrogen-bond acceptors (Lipinski definition) is 7. The van der Waals surface area contributed by atoms with Gasteiger partial charge in [-0.1, -0.05) is 6.92 Å². The van der Waals surface area contributed by atoms with Crippen molar-refractivity contribution in [1.29, 1.82) is 0 Å². The number of carbonyl (C=O) groups is 2. The summed E-state index contributed by atoms with van der Waals surface area (Å²) >= 11 is 0. The van der Waals surface area contributed by atoms with Gasteiger partial charge in [-0.3, -0.25) is 14.9 Å². The molecule has 0 spiro atoms. The third kappa shape index (κ3) is 5.27. The number of nitrogens with zero attached hydrogens (tertiary/aromatic N) is 3. The fraction of sp³-hybridized carbons (Fsp3) is 0.619. The lowest BCUT2D eigenvalue weighted by atomic mass is 9.99. The summed E-state index contributed by atoms with van der Waals surface area (Å²) in [6, 6.07) is 4.35. The molecule has 0 radical (unpaired) electrons. The third-order valence-electron chi connectivity index (χ3n) is 5.50. The Morgan fingerprint density at radius 2 is 1.90 bits per heavy atom. The first-order valence-electron chi connectivity index (χ1n) is 10.4. The number of rotatable bonds is 5. The minimum atomic E-state index is -0.751. The zero-order valence-electron chi connectivity index (χ0n) is 17.7. The van der Waals surface area contributed by atoms with Crippen LogP contribution in [0.4, 0.5) is 11.4 Å². The van der Waals surface area contributed by atoms with Crippen molar-refractivity contribution in [2.45, 2.75) is 45.8 Å². The average Bonchev–Trinajstić information content (AvgIpc) is 2.70. The number of nitro benzene ring substituents is 1. The van der Waals surface area contributed by atoms with Crippen LogP contribution in [0.2, 0.25) is 0 Å². The summed E-state index contributed by atoms with van der Waals surface area (Å²) in [5.41, 5.74) is 0.447. The summed E-state index contributed by atoms with van der Waals surface area (Å²) in [7, 11) is 0. The number of esters is 1. The van der Waals surface area contributed by atoms with Crippen LogP contribution in [-0.2, 0) is 14.3 Å². The van der Waals surface area contributed by atoms with Gasteiger partial charge in [0.15, 0.2) is 6.61 Å². The maximum absolute atomic E-state index is 12.4. The minimum Gasteiger partial charge on any atom is -0.452 e. The summed E-state index contributed by atoms with van der Waals surface area (Å²) < 4.78 is 10.7. The smallest absolute Gasteiger partial charge is 0.338 e. The van der Waals surface area contributed by atoms with Gasteiger partial charge in [-0.2, -0.15) is 0 Å². The lowest BCUT2D eigenvalue weighted by Gasteiger charge is -2.35. The van der Waals surface area contributed by atoms with Crippen LogP contribution in [0.25, 0.3) is 0 Å². The molecular weight excluding hydrogens is 390 g/mol. The molecule has 2 heterocycles. The van der Waals surface area contributed by atoms with E-state index in [1.807, 2.05) is 18.7 Å². The molecule has 30 heavy (non-hydrogen) atoms. The molecule has 1 aromatic carbocycles. The zero-order chi connectivity index (χ0) is 21.8. The molecule has 2 aliphatic rings. The van der Waals surface area contributed by atoms with Crippen LogP contribution in [-0.4, -0.2) is 66.7 Å². The highest BCUT2D eigenvalue weighted by Gasteiger charge is 2.28. The molecule has 0 aromatic heterocycles. The van der Waals surface area contributed by atoms with E-state index >= 15 is 0 Å². The Morgan fingerprint density at radius 1 is 1.20 bits per heavy atom. The van der Waals surface area contributed by atoms with Crippen molar-refractivity contribution < 1.29 is 24.0 Å². The van der Waals surface area contributed by atoms with Gasteiger partial charge in [-0.25, -0.2) is 4.79 Å². The number of piperidine rings is 1. The molecule has 164 valence electrons. The second kappa shape index (κ2) is 9.42. The monoisotopic (exact) mass is 419 g/mol. The highest BCUT2D eigenvalue weighted by Crippen LogP contribution is 2.32. The Hall–Kier alpha value is -2.68. The zero-order valence-corrected chi connectivity index (χ0v) is 17.7. The highest BCUT2D eigenvalue weighted by molar-refractivity contribution is 5.93. The Kier molecular flexibility index (Phi) is 6.91. The van der Waals surface area contributed by atoms with Crippen molar-refractivity contribution in [3.8, 4) is 0 Å². The largest absolute Gasteiger partial charge is 0.452 e. The van der Waals surface area contributed by atoms with E-state index in [1.54, 1.807) is 11.0 Å². The molecule has 2 fully saturated rings. The van der Waals surface area contributed by atoms with Crippen LogP contribution in [0.1, 0.15) is 44.0 Å². The second-order valence-corrected chi connectivity index (χ2v) is 8.29. The standard InChI is InChI=1S/C21H29N3O6/c1-14-5-4-8-22(10-14)18-7-6-17(9-19(18)24(27)28)21(26)29-13-20(25)23-11-15(2)30-16(3)12-23/h6-7,9,14-16H,4-5,8,10-13H2,1-3H3. The van der Waals surface area contributed by atoms with Crippen molar-refractivity contribution >= 4 is 23.3 Å². The molecular formula is C21H29N3O6. The Labute approximate surface area is 176 Å². The van der Waals surface area contributed by atoms with Crippen molar-refractivity contribution in [1.82, 2.24) is 4.90 Å². The van der Waals surface area contributed by atoms with Gasteiger partial charge in [0, 0.05) is 32.2 Å². The van der Waals surface area contributed by atoms with E-state index < -0.39 is 17.5 Å². The molecule has 1 aromatic rings. The number of ether oxygens (including phenoxy) is 2. The van der Waals surface area contributed by atoms with Crippen LogP contribution >= 0.6 is 0 Å². The molecule has 9 nitrogen and oxygen atoms in total. The summed E-state index contributed by atoms with van der Waals surface area (Å²) in [4.78, 5) is 39.5. The first-order valence-corrected chi connectivity index (χ1v) is 10.4. The van der Waals surface area contributed by atoms with E-state index in [-0.39, 0.29) is 29.4 Å². The van der Waals surface area contributed by atoms with Crippen LogP contribution < -0.4 is 4.90 Å². The SMILES string of the molecule is CC1CCCN(c2ccc(C(=O)OCC(=O)N3CC(C)OC(C)C3)cc2[N+](=O)[O-])C1. The fourth-order valence-electron chi connectivity index (χ4n) is 4.16. The maximum atomic E-state index is 12.4. The first kappa shape index (κ1) is 22.0. The third-order valence-corrected chi connectivity index (χ3v) is 5.50. The van der Waals surface area contributed by atoms with Crippen molar-refractivity contribution in [2.24, 2.45) is 5.92 Å². The number of carbonyl (C=O) groups excluding carboxylic acids is 2. The van der Waals surface area contributed by atoms with Gasteiger partial charge in [0.2, 0.25) is 0 Å². The molecule has 9 heteroatoms. The van der Waals surface area contributed by atoms with Crippen molar-refractivity contribution in [3.05, 3.63) is 33.9 Å². The van der Waals surface area contributed by atoms with E-state index in [1.165, 1.54) is 12.1 Å². The number of hydrogen-bond donors (Lipinski definition) is 0. The quantitative estimate of drug-likeness (QED) is 0.411. The number of morpholine rings is 1. The minimum absolute atomic E-state index is 0.0621. The van der Waals surface area contributed by atoms with Gasteiger partial charge in [0.25, 0.3) is 11.6 Å². The number of nitro groups is 1. The van der Waals surface area contributed by atoms with E-state index in [9.17, 15) is 19.7 Å². The fourth-order valence-corrected chi connectivity index (χ4v) is 4.16. The molecule has 2 saturated heterocycles. The predicted octanol–water partition coefficient (Wildman–Crippen LogP) is 2.62. The molecule has 0 bridgehead atoms. The Morgan fingerprint density at radius 3 is 2.53 bits per heavy atom. The maximum Gasteiger partial charge on any atom is 0.338 e. The molecule has 0 aliphatic carbocycles. The van der Waals surface area contributed by atoms with Gasteiger partial charge in [-0.05, 0) is 44.7 Å². The summed E-state index contributed by atoms with van der Waals surface area (Å²) in [6.07, 6.45) is 1.91. The molecule has 3 rings (SSSR count). The molecule has 2 aliphatic heterocycles. The average molecular weight is 419 g/mol. The Balaban J connectivity index is 1.66. The molecule has 3 atom stereocenters. The molecule has 1 amide bonds. The van der Waals surface area contributed by atoms with Crippen LogP contribution in [0.15, 0.2) is 18.2 Å². The van der Waals surface area contributed by atoms with E-state index in [0.717, 1.165) is 25.9 Å². The number of amides is 1. The van der Waals surface area contributed by atoms with Crippen LogP contribution in [0, 0.1) is 16.0 Å². The Bertz CT molecular complexity index is 804. The van der Waals surface area contributed by atoms with E-state index in [2.05, 4.69) is 6.92 Å². The van der Waals surface area contributed by atoms with Gasteiger partial charge < -0.3 is 19.3 Å². The number of benzene rings is 1. The van der Waals surface area contributed by atoms with Crippen LogP contribution in [0.3, 0.4) is 0 Å². The highest BCUT2D eigenvalue weighted by atomic mass is 16.6. The van der Waals surface area contributed by atoms with Gasteiger partial charge in [0.1, 0.15) is 5.69 Å². The lowest BCUT2D eigenvalue weighted by molar-refractivity contribution is -0.384. The number of anilines is 1. The summed E-state index contributed by atoms with van der Waals surface area (Å²) in [5, 5.41) is 11.6. The lowest BCUT2D eigenvalue weighted by Crippen LogP contribution is -2.49. The van der Waals surface area contributed by atoms with Crippen molar-refractivity contribution in [2.75, 3.05) is 37.7 Å². The first-order chi connectivity index (χ1) is 14.2. The topological polar surface area (TPSA) is 102 Å². The van der Waals surface area contributed by atoms with Gasteiger partial charge in [0.05, 0.1) is 22.7 Å². The normalized spacial score (nSPS) is 24.4. The second-order valence-electron chi connectivity index (χ2n) is 8.29. The predicted molar refractivity (Wildman–Crippen MR) is 111 cm³/mol. The van der Waals surface area contributed by atoms with Gasteiger partial charge in [-0.15, -0.1) is 0 Å². The molecule has 0 saturated carbocycles. The summed E-state index contributed by atoms with van der Waals surface area (Å²) in [6.45, 7) is 7.85. The van der Waals surface area contributed by atoms with Crippen molar-refractivity contribution in [3.63, 3.8) is 0 Å².